The van der Waals surface area contributed by atoms with Gasteiger partial charge >= 0.3 is 0 Å². The molecule has 1 aromatic carbocycles. The number of para-hydroxylation sites is 1. The highest BCUT2D eigenvalue weighted by molar-refractivity contribution is 7.10. The van der Waals surface area contributed by atoms with Crippen LogP contribution in [0.15, 0.2) is 58.0 Å². The molecule has 1 atom stereocenters. The SMILES string of the molecule is Cn1c(CCC(=O)N2CCc3sccc3C2c2cccs2)nc2ccccc2c1=O. The fourth-order valence-corrected chi connectivity index (χ4v) is 5.95. The molecule has 4 aromatic rings. The highest BCUT2D eigenvalue weighted by Gasteiger charge is 2.33. The van der Waals surface area contributed by atoms with Crippen LogP contribution >= 0.6 is 22.7 Å². The van der Waals surface area contributed by atoms with Gasteiger partial charge in [0.1, 0.15) is 5.82 Å². The smallest absolute Gasteiger partial charge is 0.261 e. The molecule has 1 amide bonds. The van der Waals surface area contributed by atoms with Gasteiger partial charge in [0.15, 0.2) is 0 Å². The molecule has 1 aliphatic heterocycles. The third-order valence-electron chi connectivity index (χ3n) is 5.74. The summed E-state index contributed by atoms with van der Waals surface area (Å²) >= 11 is 3.46. The van der Waals surface area contributed by atoms with Crippen LogP contribution in [-0.2, 0) is 24.7 Å². The summed E-state index contributed by atoms with van der Waals surface area (Å²) in [6.07, 6.45) is 1.67. The number of carbonyl (C=O) groups is 1. The highest BCUT2D eigenvalue weighted by Crippen LogP contribution is 2.39. The predicted octanol–water partition coefficient (Wildman–Crippen LogP) is 4.16. The van der Waals surface area contributed by atoms with E-state index in [9.17, 15) is 9.59 Å². The molecule has 5 rings (SSSR count). The monoisotopic (exact) mass is 435 g/mol. The van der Waals surface area contributed by atoms with Gasteiger partial charge in [-0.05, 0) is 47.0 Å². The van der Waals surface area contributed by atoms with Crippen molar-refractivity contribution in [1.82, 2.24) is 14.5 Å². The third kappa shape index (κ3) is 3.28. The van der Waals surface area contributed by atoms with Crippen molar-refractivity contribution in [1.29, 1.82) is 0 Å². The Morgan fingerprint density at radius 2 is 2.00 bits per heavy atom. The van der Waals surface area contributed by atoms with Crippen LogP contribution in [0.2, 0.25) is 0 Å². The summed E-state index contributed by atoms with van der Waals surface area (Å²) in [6.45, 7) is 0.721. The lowest BCUT2D eigenvalue weighted by molar-refractivity contribution is -0.133. The molecular weight excluding hydrogens is 414 g/mol. The number of aromatic nitrogens is 2. The molecule has 152 valence electrons. The molecule has 0 N–H and O–H groups in total. The van der Waals surface area contributed by atoms with Crippen LogP contribution in [0, 0.1) is 0 Å². The molecule has 1 aliphatic rings. The van der Waals surface area contributed by atoms with E-state index in [0.29, 0.717) is 29.6 Å². The van der Waals surface area contributed by atoms with E-state index in [4.69, 9.17) is 0 Å². The molecule has 0 bridgehead atoms. The zero-order valence-electron chi connectivity index (χ0n) is 16.6. The van der Waals surface area contributed by atoms with E-state index < -0.39 is 0 Å². The molecule has 7 heteroatoms. The summed E-state index contributed by atoms with van der Waals surface area (Å²) in [5.74, 6) is 0.751. The zero-order valence-corrected chi connectivity index (χ0v) is 18.2. The van der Waals surface area contributed by atoms with Crippen molar-refractivity contribution in [3.8, 4) is 0 Å². The number of hydrogen-bond acceptors (Lipinski definition) is 5. The standard InChI is InChI=1S/C23H21N3O2S2/c1-25-20(24-17-6-3-2-5-15(17)23(25)28)8-9-21(27)26-12-10-18-16(11-14-30-18)22(26)19-7-4-13-29-19/h2-7,11,13-14,22H,8-10,12H2,1H3. The zero-order chi connectivity index (χ0) is 20.7. The molecule has 0 aliphatic carbocycles. The van der Waals surface area contributed by atoms with E-state index in [2.05, 4.69) is 27.9 Å². The first kappa shape index (κ1) is 19.2. The van der Waals surface area contributed by atoms with Crippen molar-refractivity contribution in [2.45, 2.75) is 25.3 Å². The van der Waals surface area contributed by atoms with Gasteiger partial charge in [0, 0.05) is 36.2 Å². The van der Waals surface area contributed by atoms with E-state index in [0.717, 1.165) is 13.0 Å². The van der Waals surface area contributed by atoms with Crippen molar-refractivity contribution >= 4 is 39.5 Å². The normalized spacial score (nSPS) is 16.0. The average Bonchev–Trinajstić information content (AvgIpc) is 3.46. The number of benzene rings is 1. The van der Waals surface area contributed by atoms with E-state index in [1.54, 1.807) is 40.4 Å². The summed E-state index contributed by atoms with van der Waals surface area (Å²) in [5, 5.41) is 4.79. The summed E-state index contributed by atoms with van der Waals surface area (Å²) < 4.78 is 1.57. The van der Waals surface area contributed by atoms with Gasteiger partial charge in [-0.2, -0.15) is 0 Å². The van der Waals surface area contributed by atoms with Crippen LogP contribution in [0.3, 0.4) is 0 Å². The van der Waals surface area contributed by atoms with Crippen molar-refractivity contribution in [3.63, 3.8) is 0 Å². The minimum Gasteiger partial charge on any atom is -0.330 e. The number of amides is 1. The predicted molar refractivity (Wildman–Crippen MR) is 121 cm³/mol. The highest BCUT2D eigenvalue weighted by atomic mass is 32.1. The fraction of sp³-hybridized carbons (Fsp3) is 0.261. The van der Waals surface area contributed by atoms with Crippen LogP contribution in [0.25, 0.3) is 10.9 Å². The molecular formula is C23H21N3O2S2. The van der Waals surface area contributed by atoms with Crippen LogP contribution in [-0.4, -0.2) is 26.9 Å². The maximum Gasteiger partial charge on any atom is 0.261 e. The Labute approximate surface area is 182 Å². The topological polar surface area (TPSA) is 55.2 Å². The van der Waals surface area contributed by atoms with Crippen molar-refractivity contribution < 1.29 is 4.79 Å². The summed E-state index contributed by atoms with van der Waals surface area (Å²) in [7, 11) is 1.73. The van der Waals surface area contributed by atoms with E-state index >= 15 is 0 Å². The van der Waals surface area contributed by atoms with Crippen molar-refractivity contribution in [2.75, 3.05) is 6.54 Å². The number of thiophene rings is 2. The molecule has 4 heterocycles. The van der Waals surface area contributed by atoms with Gasteiger partial charge in [0.2, 0.25) is 5.91 Å². The number of carbonyl (C=O) groups excluding carboxylic acids is 1. The molecule has 3 aromatic heterocycles. The largest absolute Gasteiger partial charge is 0.330 e. The Hall–Kier alpha value is -2.77. The number of aryl methyl sites for hydroxylation is 1. The minimum absolute atomic E-state index is 0.0131. The average molecular weight is 436 g/mol. The van der Waals surface area contributed by atoms with E-state index in [-0.39, 0.29) is 17.5 Å². The summed E-state index contributed by atoms with van der Waals surface area (Å²) in [6, 6.07) is 13.6. The number of nitrogens with zero attached hydrogens (tertiary/aromatic N) is 3. The van der Waals surface area contributed by atoms with Gasteiger partial charge in [0.05, 0.1) is 16.9 Å². The third-order valence-corrected chi connectivity index (χ3v) is 7.66. The van der Waals surface area contributed by atoms with E-state index in [1.165, 1.54) is 15.3 Å². The Kier molecular flexibility index (Phi) is 5.00. The number of rotatable bonds is 4. The van der Waals surface area contributed by atoms with Crippen LogP contribution < -0.4 is 5.56 Å². The second kappa shape index (κ2) is 7.81. The summed E-state index contributed by atoms with van der Waals surface area (Å²) in [5.41, 5.74) is 1.86. The first-order valence-corrected chi connectivity index (χ1v) is 11.7. The fourth-order valence-electron chi connectivity index (χ4n) is 4.19. The van der Waals surface area contributed by atoms with Gasteiger partial charge in [-0.15, -0.1) is 22.7 Å². The van der Waals surface area contributed by atoms with Crippen LogP contribution in [0.1, 0.15) is 33.6 Å². The van der Waals surface area contributed by atoms with E-state index in [1.807, 2.05) is 29.2 Å². The van der Waals surface area contributed by atoms with Gasteiger partial charge in [0.25, 0.3) is 5.56 Å². The molecule has 30 heavy (non-hydrogen) atoms. The van der Waals surface area contributed by atoms with Crippen molar-refractivity contribution in [2.24, 2.45) is 7.05 Å². The Bertz CT molecular complexity index is 1270. The van der Waals surface area contributed by atoms with Crippen molar-refractivity contribution in [3.05, 3.63) is 84.7 Å². The number of fused-ring (bicyclic) bond motifs is 2. The minimum atomic E-state index is -0.0691. The molecule has 0 spiro atoms. The molecule has 0 saturated heterocycles. The van der Waals surface area contributed by atoms with Gasteiger partial charge in [-0.3, -0.25) is 14.2 Å². The lowest BCUT2D eigenvalue weighted by Gasteiger charge is -2.35. The lowest BCUT2D eigenvalue weighted by Crippen LogP contribution is -2.40. The molecule has 5 nitrogen and oxygen atoms in total. The van der Waals surface area contributed by atoms with Crippen LogP contribution in [0.5, 0.6) is 0 Å². The molecule has 0 saturated carbocycles. The summed E-state index contributed by atoms with van der Waals surface area (Å²) in [4.78, 5) is 35.1. The maximum absolute atomic E-state index is 13.3. The van der Waals surface area contributed by atoms with Gasteiger partial charge in [-0.25, -0.2) is 4.98 Å². The molecule has 1 unspecified atom stereocenters. The van der Waals surface area contributed by atoms with Crippen LogP contribution in [0.4, 0.5) is 0 Å². The first-order valence-electron chi connectivity index (χ1n) is 9.97. The lowest BCUT2D eigenvalue weighted by atomic mass is 9.98. The number of hydrogen-bond donors (Lipinski definition) is 0. The second-order valence-corrected chi connectivity index (χ2v) is 9.44. The maximum atomic E-state index is 13.3. The Morgan fingerprint density at radius 1 is 1.13 bits per heavy atom. The molecule has 0 radical (unpaired) electrons. The van der Waals surface area contributed by atoms with Gasteiger partial charge in [-0.1, -0.05) is 18.2 Å². The second-order valence-electron chi connectivity index (χ2n) is 7.46. The first-order chi connectivity index (χ1) is 14.6. The Morgan fingerprint density at radius 3 is 2.83 bits per heavy atom. The van der Waals surface area contributed by atoms with Gasteiger partial charge < -0.3 is 4.90 Å². The Balaban J connectivity index is 1.41. The quantitative estimate of drug-likeness (QED) is 0.484. The molecule has 0 fully saturated rings.